The monoisotopic (exact) mass is 372 g/mol. The number of amides is 2. The first-order valence-electron chi connectivity index (χ1n) is 8.32. The van der Waals surface area contributed by atoms with Crippen LogP contribution in [-0.2, 0) is 10.0 Å². The van der Waals surface area contributed by atoms with E-state index in [-0.39, 0.29) is 34.5 Å². The molecule has 0 N–H and O–H groups in total. The van der Waals surface area contributed by atoms with Crippen LogP contribution in [0.25, 0.3) is 0 Å². The van der Waals surface area contributed by atoms with Gasteiger partial charge in [-0.3, -0.25) is 9.59 Å². The standard InChI is InChI=1S/C19H20N2O4S/c1-4-21-19(23)16-11-10-15(12-17(16)26(21,24)25)18(22)20(3)13(2)14-8-6-5-7-9-14/h5-13H,4H2,1-3H3. The minimum atomic E-state index is -3.89. The van der Waals surface area contributed by atoms with Gasteiger partial charge in [0.1, 0.15) is 4.90 Å². The van der Waals surface area contributed by atoms with Crippen molar-refractivity contribution in [3.63, 3.8) is 0 Å². The fourth-order valence-corrected chi connectivity index (χ4v) is 4.66. The minimum Gasteiger partial charge on any atom is -0.335 e. The molecule has 26 heavy (non-hydrogen) atoms. The Morgan fingerprint density at radius 2 is 1.81 bits per heavy atom. The molecule has 0 saturated carbocycles. The van der Waals surface area contributed by atoms with Crippen molar-refractivity contribution in [2.75, 3.05) is 13.6 Å². The molecule has 1 heterocycles. The van der Waals surface area contributed by atoms with Gasteiger partial charge in [-0.15, -0.1) is 0 Å². The molecule has 6 nitrogen and oxygen atoms in total. The molecule has 1 unspecified atom stereocenters. The highest BCUT2D eigenvalue weighted by Crippen LogP contribution is 2.31. The summed E-state index contributed by atoms with van der Waals surface area (Å²) in [6.45, 7) is 3.56. The van der Waals surface area contributed by atoms with Crippen LogP contribution < -0.4 is 0 Å². The third-order valence-electron chi connectivity index (χ3n) is 4.72. The van der Waals surface area contributed by atoms with Crippen molar-refractivity contribution in [2.24, 2.45) is 0 Å². The van der Waals surface area contributed by atoms with Gasteiger partial charge in [0, 0.05) is 19.2 Å². The normalized spacial score (nSPS) is 16.3. The van der Waals surface area contributed by atoms with E-state index in [1.54, 1.807) is 18.9 Å². The van der Waals surface area contributed by atoms with E-state index in [2.05, 4.69) is 0 Å². The number of sulfonamides is 1. The first kappa shape index (κ1) is 18.1. The fraction of sp³-hybridized carbons (Fsp3) is 0.263. The molecule has 3 rings (SSSR count). The summed E-state index contributed by atoms with van der Waals surface area (Å²) in [5.74, 6) is -0.853. The topological polar surface area (TPSA) is 74.8 Å². The Hall–Kier alpha value is -2.67. The summed E-state index contributed by atoms with van der Waals surface area (Å²) in [5, 5.41) is 0. The minimum absolute atomic E-state index is 0.0596. The molecule has 2 amide bonds. The smallest absolute Gasteiger partial charge is 0.268 e. The van der Waals surface area contributed by atoms with Crippen LogP contribution in [0.1, 0.15) is 46.2 Å². The lowest BCUT2D eigenvalue weighted by atomic mass is 10.1. The van der Waals surface area contributed by atoms with Gasteiger partial charge in [-0.2, -0.15) is 0 Å². The fourth-order valence-electron chi connectivity index (χ4n) is 3.06. The highest BCUT2D eigenvalue weighted by molar-refractivity contribution is 7.90. The molecule has 136 valence electrons. The first-order valence-corrected chi connectivity index (χ1v) is 9.76. The SMILES string of the molecule is CCN1C(=O)c2ccc(C(=O)N(C)C(C)c3ccccc3)cc2S1(=O)=O. The molecule has 0 bridgehead atoms. The summed E-state index contributed by atoms with van der Waals surface area (Å²) >= 11 is 0. The maximum atomic E-state index is 12.8. The van der Waals surface area contributed by atoms with E-state index in [0.717, 1.165) is 9.87 Å². The van der Waals surface area contributed by atoms with Crippen molar-refractivity contribution in [2.45, 2.75) is 24.8 Å². The summed E-state index contributed by atoms with van der Waals surface area (Å²) in [6, 6.07) is 13.6. The van der Waals surface area contributed by atoms with Gasteiger partial charge in [0.25, 0.3) is 21.8 Å². The van der Waals surface area contributed by atoms with Crippen molar-refractivity contribution in [1.29, 1.82) is 0 Å². The molecule has 0 aromatic heterocycles. The number of carbonyl (C=O) groups excluding carboxylic acids is 2. The summed E-state index contributed by atoms with van der Waals surface area (Å²) in [7, 11) is -2.21. The number of fused-ring (bicyclic) bond motifs is 1. The lowest BCUT2D eigenvalue weighted by Gasteiger charge is -2.25. The molecule has 2 aromatic carbocycles. The largest absolute Gasteiger partial charge is 0.335 e. The Morgan fingerprint density at radius 1 is 1.15 bits per heavy atom. The van der Waals surface area contributed by atoms with E-state index in [1.807, 2.05) is 37.3 Å². The molecule has 0 spiro atoms. The van der Waals surface area contributed by atoms with Crippen molar-refractivity contribution in [3.05, 3.63) is 65.2 Å². The van der Waals surface area contributed by atoms with Crippen LogP contribution in [0.5, 0.6) is 0 Å². The van der Waals surface area contributed by atoms with Gasteiger partial charge in [-0.25, -0.2) is 12.7 Å². The Bertz CT molecular complexity index is 970. The van der Waals surface area contributed by atoms with E-state index in [0.29, 0.717) is 0 Å². The summed E-state index contributed by atoms with van der Waals surface area (Å²) in [5.41, 5.74) is 1.33. The van der Waals surface area contributed by atoms with Crippen LogP contribution in [-0.4, -0.2) is 43.0 Å². The van der Waals surface area contributed by atoms with Crippen molar-refractivity contribution in [3.8, 4) is 0 Å². The van der Waals surface area contributed by atoms with E-state index in [1.165, 1.54) is 18.2 Å². The lowest BCUT2D eigenvalue weighted by Crippen LogP contribution is -2.30. The zero-order chi connectivity index (χ0) is 19.1. The maximum absolute atomic E-state index is 12.8. The van der Waals surface area contributed by atoms with Crippen LogP contribution in [0.15, 0.2) is 53.4 Å². The average molecular weight is 372 g/mol. The molecule has 0 aliphatic carbocycles. The molecule has 0 saturated heterocycles. The van der Waals surface area contributed by atoms with Crippen LogP contribution >= 0.6 is 0 Å². The first-order chi connectivity index (χ1) is 12.3. The van der Waals surface area contributed by atoms with Crippen LogP contribution in [0.3, 0.4) is 0 Å². The molecule has 1 atom stereocenters. The van der Waals surface area contributed by atoms with Crippen LogP contribution in [0.2, 0.25) is 0 Å². The van der Waals surface area contributed by atoms with E-state index >= 15 is 0 Å². The lowest BCUT2D eigenvalue weighted by molar-refractivity contribution is 0.0741. The number of hydrogen-bond acceptors (Lipinski definition) is 4. The molecule has 7 heteroatoms. The predicted octanol–water partition coefficient (Wildman–Crippen LogP) is 2.68. The Balaban J connectivity index is 1.95. The molecular weight excluding hydrogens is 352 g/mol. The second-order valence-electron chi connectivity index (χ2n) is 6.19. The average Bonchev–Trinajstić information content (AvgIpc) is 2.85. The quantitative estimate of drug-likeness (QED) is 0.827. The van der Waals surface area contributed by atoms with Gasteiger partial charge >= 0.3 is 0 Å². The zero-order valence-corrected chi connectivity index (χ0v) is 15.7. The number of hydrogen-bond donors (Lipinski definition) is 0. The summed E-state index contributed by atoms with van der Waals surface area (Å²) in [6.07, 6.45) is 0. The highest BCUT2D eigenvalue weighted by atomic mass is 32.2. The van der Waals surface area contributed by atoms with Gasteiger partial charge in [0.2, 0.25) is 0 Å². The number of benzene rings is 2. The van der Waals surface area contributed by atoms with Gasteiger partial charge in [0.15, 0.2) is 0 Å². The highest BCUT2D eigenvalue weighted by Gasteiger charge is 2.40. The molecular formula is C19H20N2O4S. The third kappa shape index (κ3) is 2.78. The molecule has 1 aliphatic heterocycles. The summed E-state index contributed by atoms with van der Waals surface area (Å²) < 4.78 is 25.8. The molecule has 2 aromatic rings. The van der Waals surface area contributed by atoms with E-state index in [4.69, 9.17) is 0 Å². The predicted molar refractivity (Wildman–Crippen MR) is 97.3 cm³/mol. The number of rotatable bonds is 4. The molecule has 0 fully saturated rings. The van der Waals surface area contributed by atoms with E-state index < -0.39 is 15.9 Å². The maximum Gasteiger partial charge on any atom is 0.268 e. The van der Waals surface area contributed by atoms with Gasteiger partial charge in [-0.1, -0.05) is 30.3 Å². The number of carbonyl (C=O) groups is 2. The van der Waals surface area contributed by atoms with Gasteiger partial charge in [0.05, 0.1) is 11.6 Å². The third-order valence-corrected chi connectivity index (χ3v) is 6.62. The Kier molecular flexibility index (Phi) is 4.58. The van der Waals surface area contributed by atoms with Crippen LogP contribution in [0.4, 0.5) is 0 Å². The zero-order valence-electron chi connectivity index (χ0n) is 14.8. The summed E-state index contributed by atoms with van der Waals surface area (Å²) in [4.78, 5) is 26.5. The second kappa shape index (κ2) is 6.57. The van der Waals surface area contributed by atoms with Crippen molar-refractivity contribution < 1.29 is 18.0 Å². The molecule has 0 radical (unpaired) electrons. The van der Waals surface area contributed by atoms with Crippen LogP contribution in [0, 0.1) is 0 Å². The van der Waals surface area contributed by atoms with Crippen molar-refractivity contribution >= 4 is 21.8 Å². The van der Waals surface area contributed by atoms with Gasteiger partial charge in [-0.05, 0) is 37.6 Å². The second-order valence-corrected chi connectivity index (χ2v) is 8.02. The van der Waals surface area contributed by atoms with E-state index in [9.17, 15) is 18.0 Å². The molecule has 1 aliphatic rings. The van der Waals surface area contributed by atoms with Gasteiger partial charge < -0.3 is 4.90 Å². The Morgan fingerprint density at radius 3 is 2.42 bits per heavy atom. The Labute approximate surface area is 153 Å². The number of nitrogens with zero attached hydrogens (tertiary/aromatic N) is 2. The van der Waals surface area contributed by atoms with Crippen molar-refractivity contribution in [1.82, 2.24) is 9.21 Å².